The number of esters is 1. The molecule has 1 rings (SSSR count). The fourth-order valence-corrected chi connectivity index (χ4v) is 2.39. The number of hydrogen-bond donors (Lipinski definition) is 0. The summed E-state index contributed by atoms with van der Waals surface area (Å²) in [5.74, 6) is 0.176. The van der Waals surface area contributed by atoms with E-state index in [9.17, 15) is 4.79 Å². The Morgan fingerprint density at radius 3 is 2.69 bits per heavy atom. The zero-order valence-corrected chi connectivity index (χ0v) is 10.7. The lowest BCUT2D eigenvalue weighted by Gasteiger charge is -2.28. The Balaban J connectivity index is 2.68. The quantitative estimate of drug-likeness (QED) is 0.546. The second-order valence-corrected chi connectivity index (χ2v) is 5.03. The van der Waals surface area contributed by atoms with Crippen LogP contribution in [0, 0.1) is 5.92 Å². The molecule has 1 fully saturated rings. The van der Waals surface area contributed by atoms with E-state index in [0.29, 0.717) is 18.9 Å². The Morgan fingerprint density at radius 1 is 1.62 bits per heavy atom. The molecule has 0 aromatic rings. The molecule has 1 aliphatic rings. The first-order valence-corrected chi connectivity index (χ1v) is 5.84. The van der Waals surface area contributed by atoms with Crippen molar-refractivity contribution in [2.45, 2.75) is 51.7 Å². The van der Waals surface area contributed by atoms with E-state index in [1.807, 2.05) is 26.8 Å². The van der Waals surface area contributed by atoms with Crippen LogP contribution in [0.2, 0.25) is 0 Å². The zero-order valence-electron chi connectivity index (χ0n) is 10.7. The van der Waals surface area contributed by atoms with Gasteiger partial charge in [-0.1, -0.05) is 13.0 Å². The summed E-state index contributed by atoms with van der Waals surface area (Å²) < 4.78 is 11.0. The maximum Gasteiger partial charge on any atom is 0.308 e. The molecule has 92 valence electrons. The maximum absolute atomic E-state index is 11.5. The number of hydrogen-bond acceptors (Lipinski definition) is 3. The Morgan fingerprint density at radius 2 is 2.25 bits per heavy atom. The first-order valence-electron chi connectivity index (χ1n) is 5.84. The Kier molecular flexibility index (Phi) is 3.79. The predicted octanol–water partition coefficient (Wildman–Crippen LogP) is 2.70. The Hall–Kier alpha value is -0.830. The van der Waals surface area contributed by atoms with Crippen LogP contribution in [0.5, 0.6) is 0 Å². The topological polar surface area (TPSA) is 35.5 Å². The lowest BCUT2D eigenvalue weighted by Crippen LogP contribution is -2.33. The highest BCUT2D eigenvalue weighted by atomic mass is 16.5. The molecular formula is C13H22O3. The molecule has 0 saturated carbocycles. The average molecular weight is 226 g/mol. The summed E-state index contributed by atoms with van der Waals surface area (Å²) in [6, 6.07) is 0. The fraction of sp³-hybridized carbons (Fsp3) is 0.769. The number of ether oxygens (including phenoxy) is 2. The highest BCUT2D eigenvalue weighted by Crippen LogP contribution is 2.44. The van der Waals surface area contributed by atoms with Crippen molar-refractivity contribution >= 4 is 5.97 Å². The van der Waals surface area contributed by atoms with Crippen LogP contribution >= 0.6 is 0 Å². The van der Waals surface area contributed by atoms with Crippen molar-refractivity contribution in [2.24, 2.45) is 5.92 Å². The molecule has 1 heterocycles. The van der Waals surface area contributed by atoms with Crippen molar-refractivity contribution in [2.75, 3.05) is 6.61 Å². The third-order valence-electron chi connectivity index (χ3n) is 3.41. The van der Waals surface area contributed by atoms with Gasteiger partial charge in [0, 0.05) is 0 Å². The largest absolute Gasteiger partial charge is 0.466 e. The Labute approximate surface area is 97.8 Å². The van der Waals surface area contributed by atoms with E-state index in [0.717, 1.165) is 6.42 Å². The molecule has 0 aromatic carbocycles. The van der Waals surface area contributed by atoms with Gasteiger partial charge in [-0.3, -0.25) is 4.79 Å². The van der Waals surface area contributed by atoms with Crippen molar-refractivity contribution in [1.82, 2.24) is 0 Å². The van der Waals surface area contributed by atoms with Crippen molar-refractivity contribution in [3.05, 3.63) is 12.7 Å². The lowest BCUT2D eigenvalue weighted by atomic mass is 9.86. The highest BCUT2D eigenvalue weighted by molar-refractivity contribution is 5.70. The molecule has 0 amide bonds. The monoisotopic (exact) mass is 226 g/mol. The van der Waals surface area contributed by atoms with E-state index in [4.69, 9.17) is 9.47 Å². The van der Waals surface area contributed by atoms with Crippen molar-refractivity contribution in [1.29, 1.82) is 0 Å². The van der Waals surface area contributed by atoms with Crippen LogP contribution < -0.4 is 0 Å². The van der Waals surface area contributed by atoms with E-state index in [2.05, 4.69) is 13.5 Å². The minimum absolute atomic E-state index is 0.189. The van der Waals surface area contributed by atoms with Gasteiger partial charge in [0.2, 0.25) is 0 Å². The van der Waals surface area contributed by atoms with Gasteiger partial charge < -0.3 is 9.47 Å². The van der Waals surface area contributed by atoms with Crippen LogP contribution in [0.4, 0.5) is 0 Å². The molecule has 0 spiro atoms. The number of rotatable bonds is 4. The summed E-state index contributed by atoms with van der Waals surface area (Å²) in [5, 5.41) is 0. The zero-order chi connectivity index (χ0) is 12.4. The van der Waals surface area contributed by atoms with E-state index in [1.54, 1.807) is 0 Å². The summed E-state index contributed by atoms with van der Waals surface area (Å²) in [5.41, 5.74) is -0.754. The number of carbonyl (C=O) groups excluding carboxylic acids is 1. The van der Waals surface area contributed by atoms with Crippen LogP contribution in [0.1, 0.15) is 40.5 Å². The van der Waals surface area contributed by atoms with Crippen molar-refractivity contribution in [3.63, 3.8) is 0 Å². The molecule has 0 bridgehead atoms. The smallest absolute Gasteiger partial charge is 0.308 e. The van der Waals surface area contributed by atoms with Gasteiger partial charge in [0.05, 0.1) is 24.2 Å². The first-order chi connectivity index (χ1) is 7.35. The third-order valence-corrected chi connectivity index (χ3v) is 3.41. The summed E-state index contributed by atoms with van der Waals surface area (Å²) in [6.07, 6.45) is 3.00. The summed E-state index contributed by atoms with van der Waals surface area (Å²) in [4.78, 5) is 11.5. The van der Waals surface area contributed by atoms with Crippen LogP contribution in [0.3, 0.4) is 0 Å². The van der Waals surface area contributed by atoms with Gasteiger partial charge >= 0.3 is 5.97 Å². The molecule has 0 N–H and O–H groups in total. The third kappa shape index (κ3) is 2.64. The Bertz CT molecular complexity index is 287. The van der Waals surface area contributed by atoms with Crippen molar-refractivity contribution < 1.29 is 14.3 Å². The molecule has 3 nitrogen and oxygen atoms in total. The standard InChI is InChI=1S/C13H22O3/c1-6-13(5)10(3)8-12(4,16-13)9-11(14)15-7-2/h6,10H,1,7-9H2,2-5H3/t10-,12-,13+/m1/s1. The summed E-state index contributed by atoms with van der Waals surface area (Å²) >= 11 is 0. The second kappa shape index (κ2) is 4.58. The molecule has 0 aromatic heterocycles. The summed E-state index contributed by atoms with van der Waals surface area (Å²) in [7, 11) is 0. The van der Waals surface area contributed by atoms with Crippen LogP contribution in [0.15, 0.2) is 12.7 Å². The number of carbonyl (C=O) groups is 1. The highest BCUT2D eigenvalue weighted by Gasteiger charge is 2.48. The van der Waals surface area contributed by atoms with Crippen LogP contribution in [-0.4, -0.2) is 23.8 Å². The minimum atomic E-state index is -0.422. The van der Waals surface area contributed by atoms with E-state index in [-0.39, 0.29) is 11.6 Å². The molecular weight excluding hydrogens is 204 g/mol. The second-order valence-electron chi connectivity index (χ2n) is 5.03. The molecule has 0 aliphatic carbocycles. The predicted molar refractivity (Wildman–Crippen MR) is 63.1 cm³/mol. The molecule has 0 unspecified atom stereocenters. The molecule has 1 saturated heterocycles. The molecule has 1 aliphatic heterocycles. The van der Waals surface area contributed by atoms with E-state index < -0.39 is 5.60 Å². The molecule has 16 heavy (non-hydrogen) atoms. The SMILES string of the molecule is C=C[C@]1(C)O[C@@](C)(CC(=O)OCC)C[C@H]1C. The molecule has 3 atom stereocenters. The first kappa shape index (κ1) is 13.2. The molecule has 3 heteroatoms. The average Bonchev–Trinajstić information content (AvgIpc) is 2.38. The fourth-order valence-electron chi connectivity index (χ4n) is 2.39. The maximum atomic E-state index is 11.5. The van der Waals surface area contributed by atoms with Crippen molar-refractivity contribution in [3.8, 4) is 0 Å². The van der Waals surface area contributed by atoms with Gasteiger partial charge in [-0.05, 0) is 33.1 Å². The van der Waals surface area contributed by atoms with E-state index in [1.165, 1.54) is 0 Å². The minimum Gasteiger partial charge on any atom is -0.466 e. The van der Waals surface area contributed by atoms with E-state index >= 15 is 0 Å². The van der Waals surface area contributed by atoms with Crippen LogP contribution in [0.25, 0.3) is 0 Å². The van der Waals surface area contributed by atoms with Gasteiger partial charge in [-0.15, -0.1) is 6.58 Å². The summed E-state index contributed by atoms with van der Waals surface area (Å²) in [6.45, 7) is 12.1. The van der Waals surface area contributed by atoms with Gasteiger partial charge in [0.25, 0.3) is 0 Å². The van der Waals surface area contributed by atoms with Gasteiger partial charge in [-0.2, -0.15) is 0 Å². The lowest BCUT2D eigenvalue weighted by molar-refractivity contribution is -0.151. The van der Waals surface area contributed by atoms with Gasteiger partial charge in [0.1, 0.15) is 0 Å². The molecule has 0 radical (unpaired) electrons. The normalized spacial score (nSPS) is 38.4. The van der Waals surface area contributed by atoms with Gasteiger partial charge in [-0.25, -0.2) is 0 Å². The van der Waals surface area contributed by atoms with Gasteiger partial charge in [0.15, 0.2) is 0 Å². The van der Waals surface area contributed by atoms with Crippen LogP contribution in [-0.2, 0) is 14.3 Å².